The fraction of sp³-hybridized carbons (Fsp3) is 0.462. The van der Waals surface area contributed by atoms with Gasteiger partial charge < -0.3 is 15.0 Å². The summed E-state index contributed by atoms with van der Waals surface area (Å²) >= 11 is 0. The van der Waals surface area contributed by atoms with E-state index in [-0.39, 0.29) is 18.0 Å². The number of aryl methyl sites for hydroxylation is 1. The summed E-state index contributed by atoms with van der Waals surface area (Å²) in [6, 6.07) is 2.77. The first kappa shape index (κ1) is 14.9. The standard InChI is InChI=1S/C13H18N2O4/c1-8(2)6-14-11(16)7-15-9(3)4-5-10(12(15)17)13(18)19/h4-5,8H,6-7H2,1-3H3,(H,14,16)(H,18,19). The molecule has 0 radical (unpaired) electrons. The highest BCUT2D eigenvalue weighted by molar-refractivity contribution is 5.87. The largest absolute Gasteiger partial charge is 0.477 e. The van der Waals surface area contributed by atoms with Crippen LogP contribution < -0.4 is 10.9 Å². The van der Waals surface area contributed by atoms with Gasteiger partial charge in [0.05, 0.1) is 0 Å². The molecule has 0 bridgehead atoms. The van der Waals surface area contributed by atoms with Crippen molar-refractivity contribution < 1.29 is 14.7 Å². The van der Waals surface area contributed by atoms with Crippen LogP contribution in [0, 0.1) is 12.8 Å². The van der Waals surface area contributed by atoms with E-state index in [9.17, 15) is 14.4 Å². The summed E-state index contributed by atoms with van der Waals surface area (Å²) in [6.45, 7) is 5.93. The number of nitrogens with zero attached hydrogens (tertiary/aromatic N) is 1. The number of carbonyl (C=O) groups excluding carboxylic acids is 1. The summed E-state index contributed by atoms with van der Waals surface area (Å²) in [6.07, 6.45) is 0. The molecular weight excluding hydrogens is 248 g/mol. The molecule has 1 rings (SSSR count). The van der Waals surface area contributed by atoms with E-state index < -0.39 is 11.5 Å². The van der Waals surface area contributed by atoms with E-state index in [1.54, 1.807) is 6.92 Å². The van der Waals surface area contributed by atoms with Gasteiger partial charge in [-0.25, -0.2) is 4.79 Å². The molecule has 0 fully saturated rings. The first-order valence-electron chi connectivity index (χ1n) is 6.03. The van der Waals surface area contributed by atoms with E-state index in [0.29, 0.717) is 18.2 Å². The Kier molecular flexibility index (Phi) is 4.86. The van der Waals surface area contributed by atoms with E-state index in [1.807, 2.05) is 13.8 Å². The Hall–Kier alpha value is -2.11. The SMILES string of the molecule is Cc1ccc(C(=O)O)c(=O)n1CC(=O)NCC(C)C. The number of carbonyl (C=O) groups is 2. The number of hydrogen-bond donors (Lipinski definition) is 2. The van der Waals surface area contributed by atoms with Crippen LogP contribution in [0.15, 0.2) is 16.9 Å². The molecule has 1 aromatic heterocycles. The van der Waals surface area contributed by atoms with Crippen molar-refractivity contribution in [3.63, 3.8) is 0 Å². The average Bonchev–Trinajstić information content (AvgIpc) is 2.31. The number of rotatable bonds is 5. The van der Waals surface area contributed by atoms with Gasteiger partial charge in [0, 0.05) is 12.2 Å². The van der Waals surface area contributed by atoms with Crippen LogP contribution in [0.2, 0.25) is 0 Å². The normalized spacial score (nSPS) is 10.5. The molecule has 104 valence electrons. The van der Waals surface area contributed by atoms with Crippen molar-refractivity contribution in [3.8, 4) is 0 Å². The van der Waals surface area contributed by atoms with Crippen LogP contribution >= 0.6 is 0 Å². The molecule has 0 atom stereocenters. The molecule has 0 saturated carbocycles. The lowest BCUT2D eigenvalue weighted by atomic mass is 10.2. The van der Waals surface area contributed by atoms with Gasteiger partial charge in [0.15, 0.2) is 0 Å². The molecule has 6 heteroatoms. The minimum atomic E-state index is -1.29. The van der Waals surface area contributed by atoms with Crippen molar-refractivity contribution in [2.45, 2.75) is 27.3 Å². The van der Waals surface area contributed by atoms with E-state index in [1.165, 1.54) is 16.7 Å². The summed E-state index contributed by atoms with van der Waals surface area (Å²) in [5.41, 5.74) is -0.441. The second-order valence-electron chi connectivity index (χ2n) is 4.78. The third-order valence-electron chi connectivity index (χ3n) is 2.63. The average molecular weight is 266 g/mol. The molecule has 6 nitrogen and oxygen atoms in total. The zero-order valence-corrected chi connectivity index (χ0v) is 11.3. The molecule has 0 aliphatic carbocycles. The van der Waals surface area contributed by atoms with Crippen molar-refractivity contribution in [3.05, 3.63) is 33.7 Å². The summed E-state index contributed by atoms with van der Waals surface area (Å²) in [5.74, 6) is -1.28. The molecule has 0 aliphatic rings. The zero-order valence-electron chi connectivity index (χ0n) is 11.3. The monoisotopic (exact) mass is 266 g/mol. The number of hydrogen-bond acceptors (Lipinski definition) is 3. The van der Waals surface area contributed by atoms with Crippen LogP contribution in [0.3, 0.4) is 0 Å². The van der Waals surface area contributed by atoms with Crippen LogP contribution in [0.25, 0.3) is 0 Å². The Balaban J connectivity index is 2.95. The second-order valence-corrected chi connectivity index (χ2v) is 4.78. The van der Waals surface area contributed by atoms with Gasteiger partial charge in [-0.3, -0.25) is 9.59 Å². The Morgan fingerprint density at radius 1 is 1.37 bits per heavy atom. The van der Waals surface area contributed by atoms with Gasteiger partial charge in [0.2, 0.25) is 5.91 Å². The number of carboxylic acids is 1. The maximum absolute atomic E-state index is 11.9. The number of aromatic carboxylic acids is 1. The predicted molar refractivity (Wildman–Crippen MR) is 70.2 cm³/mol. The number of nitrogens with one attached hydrogen (secondary N) is 1. The lowest BCUT2D eigenvalue weighted by Crippen LogP contribution is -2.36. The fourth-order valence-corrected chi connectivity index (χ4v) is 1.55. The van der Waals surface area contributed by atoms with Crippen LogP contribution in [-0.2, 0) is 11.3 Å². The quantitative estimate of drug-likeness (QED) is 0.818. The summed E-state index contributed by atoms with van der Waals surface area (Å²) < 4.78 is 1.17. The summed E-state index contributed by atoms with van der Waals surface area (Å²) in [5, 5.41) is 11.6. The fourth-order valence-electron chi connectivity index (χ4n) is 1.55. The van der Waals surface area contributed by atoms with Gasteiger partial charge in [-0.2, -0.15) is 0 Å². The highest BCUT2D eigenvalue weighted by Gasteiger charge is 2.14. The molecule has 0 unspecified atom stereocenters. The predicted octanol–water partition coefficient (Wildman–Crippen LogP) is 0.627. The van der Waals surface area contributed by atoms with E-state index in [2.05, 4.69) is 5.32 Å². The van der Waals surface area contributed by atoms with Crippen LogP contribution in [0.4, 0.5) is 0 Å². The molecular formula is C13H18N2O4. The Morgan fingerprint density at radius 3 is 2.53 bits per heavy atom. The zero-order chi connectivity index (χ0) is 14.6. The Morgan fingerprint density at radius 2 is 2.00 bits per heavy atom. The van der Waals surface area contributed by atoms with Crippen LogP contribution in [0.5, 0.6) is 0 Å². The van der Waals surface area contributed by atoms with Crippen molar-refractivity contribution in [2.24, 2.45) is 5.92 Å². The molecule has 2 N–H and O–H groups in total. The Bertz CT molecular complexity index is 546. The van der Waals surface area contributed by atoms with Gasteiger partial charge in [-0.1, -0.05) is 13.8 Å². The summed E-state index contributed by atoms with van der Waals surface area (Å²) in [7, 11) is 0. The van der Waals surface area contributed by atoms with Crippen LogP contribution in [0.1, 0.15) is 29.9 Å². The lowest BCUT2D eigenvalue weighted by Gasteiger charge is -2.12. The third kappa shape index (κ3) is 3.94. The van der Waals surface area contributed by atoms with Gasteiger partial charge >= 0.3 is 5.97 Å². The maximum atomic E-state index is 11.9. The second kappa shape index (κ2) is 6.17. The highest BCUT2D eigenvalue weighted by atomic mass is 16.4. The van der Waals surface area contributed by atoms with E-state index >= 15 is 0 Å². The number of amides is 1. The van der Waals surface area contributed by atoms with E-state index in [0.717, 1.165) is 0 Å². The van der Waals surface area contributed by atoms with Gasteiger partial charge in [0.1, 0.15) is 12.1 Å². The lowest BCUT2D eigenvalue weighted by molar-refractivity contribution is -0.121. The molecule has 1 heterocycles. The topological polar surface area (TPSA) is 88.4 Å². The molecule has 0 spiro atoms. The van der Waals surface area contributed by atoms with Gasteiger partial charge in [0.25, 0.3) is 5.56 Å². The number of pyridine rings is 1. The molecule has 1 aromatic rings. The molecule has 0 saturated heterocycles. The van der Waals surface area contributed by atoms with E-state index in [4.69, 9.17) is 5.11 Å². The Labute approximate surface area is 111 Å². The molecule has 19 heavy (non-hydrogen) atoms. The minimum Gasteiger partial charge on any atom is -0.477 e. The first-order chi connectivity index (χ1) is 8.82. The first-order valence-corrected chi connectivity index (χ1v) is 6.03. The third-order valence-corrected chi connectivity index (χ3v) is 2.63. The molecule has 1 amide bonds. The summed E-state index contributed by atoms with van der Waals surface area (Å²) in [4.78, 5) is 34.5. The van der Waals surface area contributed by atoms with Gasteiger partial charge in [-0.15, -0.1) is 0 Å². The highest BCUT2D eigenvalue weighted by Crippen LogP contribution is 1.99. The van der Waals surface area contributed by atoms with Crippen molar-refractivity contribution in [1.29, 1.82) is 0 Å². The molecule has 0 aromatic carbocycles. The van der Waals surface area contributed by atoms with Crippen molar-refractivity contribution >= 4 is 11.9 Å². The number of carboxylic acid groups (broad SMARTS) is 1. The maximum Gasteiger partial charge on any atom is 0.341 e. The number of aromatic nitrogens is 1. The molecule has 0 aliphatic heterocycles. The van der Waals surface area contributed by atoms with Gasteiger partial charge in [-0.05, 0) is 25.0 Å². The van der Waals surface area contributed by atoms with Crippen molar-refractivity contribution in [2.75, 3.05) is 6.54 Å². The smallest absolute Gasteiger partial charge is 0.341 e. The van der Waals surface area contributed by atoms with Crippen molar-refractivity contribution in [1.82, 2.24) is 9.88 Å². The van der Waals surface area contributed by atoms with Crippen LogP contribution in [-0.4, -0.2) is 28.1 Å². The minimum absolute atomic E-state index is 0.168.